The molecule has 0 heterocycles. The average molecular weight is 208 g/mol. The highest BCUT2D eigenvalue weighted by Gasteiger charge is 2.30. The average Bonchev–Trinajstić information content (AvgIpc) is 1.96. The molecule has 0 aromatic rings. The van der Waals surface area contributed by atoms with Crippen LogP contribution in [-0.2, 0) is 4.74 Å². The van der Waals surface area contributed by atoms with Gasteiger partial charge in [-0.3, -0.25) is 0 Å². The lowest BCUT2D eigenvalue weighted by molar-refractivity contribution is -0.303. The van der Waals surface area contributed by atoms with Crippen LogP contribution in [-0.4, -0.2) is 23.5 Å². The molecular formula is C7H8BF3O3. The highest BCUT2D eigenvalue weighted by Crippen LogP contribution is 2.20. The third kappa shape index (κ3) is 6.33. The molecular weight excluding hydrogens is 200 g/mol. The summed E-state index contributed by atoms with van der Waals surface area (Å²) in [7, 11) is -1.81. The number of allylic oxidation sites excluding steroid dienone is 3. The third-order valence-corrected chi connectivity index (χ3v) is 1.06. The molecule has 0 bridgehead atoms. The van der Waals surface area contributed by atoms with E-state index >= 15 is 0 Å². The largest absolute Gasteiger partial charge is 0.573 e. The Labute approximate surface area is 79.0 Å². The number of halogens is 3. The summed E-state index contributed by atoms with van der Waals surface area (Å²) in [6.45, 7) is 6.10. The fourth-order valence-electron chi connectivity index (χ4n) is 0.469. The van der Waals surface area contributed by atoms with Crippen molar-refractivity contribution in [3.63, 3.8) is 0 Å². The summed E-state index contributed by atoms with van der Waals surface area (Å²) in [6, 6.07) is 0. The Hall–Kier alpha value is -1.21. The Balaban J connectivity index is 4.14. The molecule has 0 unspecified atom stereocenters. The van der Waals surface area contributed by atoms with Crippen LogP contribution in [0.15, 0.2) is 36.5 Å². The van der Waals surface area contributed by atoms with Crippen LogP contribution in [0.3, 0.4) is 0 Å². The number of hydrogen-bond donors (Lipinski definition) is 2. The molecule has 0 amide bonds. The molecule has 0 saturated carbocycles. The zero-order chi connectivity index (χ0) is 11.4. The van der Waals surface area contributed by atoms with Crippen LogP contribution in [0.25, 0.3) is 0 Å². The van der Waals surface area contributed by atoms with Gasteiger partial charge in [0.1, 0.15) is 5.76 Å². The van der Waals surface area contributed by atoms with E-state index < -0.39 is 19.2 Å². The van der Waals surface area contributed by atoms with Gasteiger partial charge in [-0.15, -0.1) is 13.2 Å². The molecule has 0 radical (unpaired) electrons. The second-order valence-corrected chi connectivity index (χ2v) is 2.30. The second-order valence-electron chi connectivity index (χ2n) is 2.30. The molecule has 0 atom stereocenters. The highest BCUT2D eigenvalue weighted by atomic mass is 19.4. The summed E-state index contributed by atoms with van der Waals surface area (Å²) in [5.41, 5.74) is -0.170. The molecule has 3 nitrogen and oxygen atoms in total. The summed E-state index contributed by atoms with van der Waals surface area (Å²) >= 11 is 0. The normalized spacial score (nSPS) is 11.5. The van der Waals surface area contributed by atoms with E-state index in [9.17, 15) is 13.2 Å². The van der Waals surface area contributed by atoms with E-state index in [4.69, 9.17) is 10.0 Å². The van der Waals surface area contributed by atoms with Gasteiger partial charge in [-0.05, 0) is 11.5 Å². The van der Waals surface area contributed by atoms with Crippen molar-refractivity contribution in [1.29, 1.82) is 0 Å². The van der Waals surface area contributed by atoms with E-state index in [1.54, 1.807) is 0 Å². The van der Waals surface area contributed by atoms with Crippen molar-refractivity contribution in [2.75, 3.05) is 0 Å². The van der Waals surface area contributed by atoms with Crippen molar-refractivity contribution in [3.05, 3.63) is 36.5 Å². The lowest BCUT2D eigenvalue weighted by Gasteiger charge is -2.07. The maximum Gasteiger partial charge on any atom is 0.573 e. The molecule has 14 heavy (non-hydrogen) atoms. The van der Waals surface area contributed by atoms with Crippen LogP contribution in [0.5, 0.6) is 0 Å². The molecule has 0 saturated heterocycles. The zero-order valence-corrected chi connectivity index (χ0v) is 7.08. The van der Waals surface area contributed by atoms with Crippen LogP contribution >= 0.6 is 0 Å². The van der Waals surface area contributed by atoms with Crippen molar-refractivity contribution in [1.82, 2.24) is 0 Å². The first-order chi connectivity index (χ1) is 6.22. The number of ether oxygens (including phenoxy) is 1. The Morgan fingerprint density at radius 2 is 1.71 bits per heavy atom. The van der Waals surface area contributed by atoms with Crippen LogP contribution in [0, 0.1) is 0 Å². The van der Waals surface area contributed by atoms with Crippen LogP contribution in [0.4, 0.5) is 13.2 Å². The van der Waals surface area contributed by atoms with Gasteiger partial charge in [-0.2, -0.15) is 0 Å². The number of hydrogen-bond acceptors (Lipinski definition) is 3. The summed E-state index contributed by atoms with van der Waals surface area (Å²) in [5.74, 6) is -0.667. The monoisotopic (exact) mass is 208 g/mol. The standard InChI is InChI=1S/C7H8BF3O3/c1-5(8(12)13)3-4-6(2)14-7(9,10)11/h3-4,12-13H,1-2H2/b4-3-. The zero-order valence-electron chi connectivity index (χ0n) is 7.08. The molecule has 7 heteroatoms. The summed E-state index contributed by atoms with van der Waals surface area (Å²) in [4.78, 5) is 0. The number of rotatable bonds is 4. The first kappa shape index (κ1) is 12.8. The van der Waals surface area contributed by atoms with Crippen LogP contribution < -0.4 is 0 Å². The maximum absolute atomic E-state index is 11.6. The van der Waals surface area contributed by atoms with Crippen molar-refractivity contribution >= 4 is 7.12 Å². The van der Waals surface area contributed by atoms with E-state index in [1.807, 2.05) is 0 Å². The van der Waals surface area contributed by atoms with Crippen molar-refractivity contribution in [3.8, 4) is 0 Å². The van der Waals surface area contributed by atoms with Gasteiger partial charge in [0.05, 0.1) is 0 Å². The Morgan fingerprint density at radius 3 is 2.07 bits per heavy atom. The number of alkyl halides is 3. The minimum absolute atomic E-state index is 0.170. The predicted octanol–water partition coefficient (Wildman–Crippen LogP) is 1.16. The first-order valence-electron chi connectivity index (χ1n) is 3.40. The highest BCUT2D eigenvalue weighted by molar-refractivity contribution is 6.51. The van der Waals surface area contributed by atoms with Crippen LogP contribution in [0.1, 0.15) is 0 Å². The van der Waals surface area contributed by atoms with Gasteiger partial charge in [-0.1, -0.05) is 19.2 Å². The van der Waals surface area contributed by atoms with Gasteiger partial charge in [-0.25, -0.2) is 0 Å². The SMILES string of the molecule is C=C(/C=C\C(=C)B(O)O)OC(F)(F)F. The van der Waals surface area contributed by atoms with Gasteiger partial charge in [0.2, 0.25) is 0 Å². The molecule has 0 fully saturated rings. The Kier molecular flexibility index (Phi) is 4.45. The van der Waals surface area contributed by atoms with Gasteiger partial charge >= 0.3 is 13.5 Å². The van der Waals surface area contributed by atoms with Gasteiger partial charge in [0.15, 0.2) is 0 Å². The molecule has 0 aliphatic heterocycles. The molecule has 0 rings (SSSR count). The van der Waals surface area contributed by atoms with Crippen molar-refractivity contribution < 1.29 is 28.0 Å². The lowest BCUT2D eigenvalue weighted by Crippen LogP contribution is -2.13. The fraction of sp³-hybridized carbons (Fsp3) is 0.143. The summed E-state index contributed by atoms with van der Waals surface area (Å²) in [6.07, 6.45) is -3.02. The van der Waals surface area contributed by atoms with Gasteiger partial charge in [0.25, 0.3) is 0 Å². The molecule has 0 aromatic carbocycles. The molecule has 0 spiro atoms. The molecule has 78 valence electrons. The Morgan fingerprint density at radius 1 is 1.21 bits per heavy atom. The second kappa shape index (κ2) is 4.87. The van der Waals surface area contributed by atoms with E-state index in [0.29, 0.717) is 0 Å². The maximum atomic E-state index is 11.6. The summed E-state index contributed by atoms with van der Waals surface area (Å²) in [5, 5.41) is 17.0. The Bertz CT molecular complexity index is 257. The van der Waals surface area contributed by atoms with Gasteiger partial charge < -0.3 is 14.8 Å². The van der Waals surface area contributed by atoms with E-state index in [0.717, 1.165) is 12.2 Å². The van der Waals surface area contributed by atoms with Crippen molar-refractivity contribution in [2.45, 2.75) is 6.36 Å². The predicted molar refractivity (Wildman–Crippen MR) is 44.8 cm³/mol. The topological polar surface area (TPSA) is 49.7 Å². The van der Waals surface area contributed by atoms with Crippen LogP contribution in [0.2, 0.25) is 0 Å². The quantitative estimate of drug-likeness (QED) is 0.414. The lowest BCUT2D eigenvalue weighted by atomic mass is 9.80. The third-order valence-electron chi connectivity index (χ3n) is 1.06. The first-order valence-corrected chi connectivity index (χ1v) is 3.40. The van der Waals surface area contributed by atoms with E-state index in [2.05, 4.69) is 17.9 Å². The van der Waals surface area contributed by atoms with Crippen molar-refractivity contribution in [2.24, 2.45) is 0 Å². The van der Waals surface area contributed by atoms with E-state index in [-0.39, 0.29) is 5.47 Å². The molecule has 0 aromatic heterocycles. The van der Waals surface area contributed by atoms with E-state index in [1.165, 1.54) is 0 Å². The van der Waals surface area contributed by atoms with Gasteiger partial charge in [0, 0.05) is 0 Å². The molecule has 0 aliphatic carbocycles. The molecule has 2 N–H and O–H groups in total. The smallest absolute Gasteiger partial charge is 0.423 e. The minimum atomic E-state index is -4.80. The minimum Gasteiger partial charge on any atom is -0.423 e. The summed E-state index contributed by atoms with van der Waals surface area (Å²) < 4.78 is 38.0. The molecule has 0 aliphatic rings. The fourth-order valence-corrected chi connectivity index (χ4v) is 0.469.